The molecule has 2 rings (SSSR count). The molecule has 1 aliphatic rings. The van der Waals surface area contributed by atoms with E-state index in [4.69, 9.17) is 0 Å². The molecule has 0 saturated heterocycles. The largest absolute Gasteiger partial charge is 0.480 e. The van der Waals surface area contributed by atoms with Crippen LogP contribution in [0.5, 0.6) is 0 Å². The zero-order valence-electron chi connectivity index (χ0n) is 12.5. The van der Waals surface area contributed by atoms with Gasteiger partial charge in [-0.25, -0.2) is 4.79 Å². The van der Waals surface area contributed by atoms with Crippen LogP contribution < -0.4 is 5.32 Å². The van der Waals surface area contributed by atoms with Gasteiger partial charge < -0.3 is 10.4 Å². The minimum absolute atomic E-state index is 0.205. The van der Waals surface area contributed by atoms with Crippen LogP contribution in [0.15, 0.2) is 24.3 Å². The fourth-order valence-electron chi connectivity index (χ4n) is 2.94. The van der Waals surface area contributed by atoms with Crippen LogP contribution in [0.2, 0.25) is 0 Å². The molecule has 0 spiro atoms. The molecule has 0 heterocycles. The second-order valence-electron chi connectivity index (χ2n) is 5.84. The van der Waals surface area contributed by atoms with Crippen LogP contribution in [0.3, 0.4) is 0 Å². The Hall–Kier alpha value is -1.84. The van der Waals surface area contributed by atoms with Crippen molar-refractivity contribution < 1.29 is 14.7 Å². The Morgan fingerprint density at radius 1 is 1.10 bits per heavy atom. The molecular weight excluding hydrogens is 266 g/mol. The first-order valence-corrected chi connectivity index (χ1v) is 7.68. The van der Waals surface area contributed by atoms with E-state index in [0.717, 1.165) is 31.2 Å². The van der Waals surface area contributed by atoms with E-state index >= 15 is 0 Å². The summed E-state index contributed by atoms with van der Waals surface area (Å²) in [7, 11) is 0. The van der Waals surface area contributed by atoms with Crippen molar-refractivity contribution in [3.8, 4) is 0 Å². The lowest BCUT2D eigenvalue weighted by molar-refractivity contribution is -0.149. The third-order valence-electron chi connectivity index (χ3n) is 4.29. The Labute approximate surface area is 125 Å². The first kappa shape index (κ1) is 15.5. The van der Waals surface area contributed by atoms with Gasteiger partial charge in [-0.3, -0.25) is 4.79 Å². The van der Waals surface area contributed by atoms with Gasteiger partial charge in [0.25, 0.3) is 0 Å². The van der Waals surface area contributed by atoms with E-state index in [1.54, 1.807) is 0 Å². The lowest BCUT2D eigenvalue weighted by atomic mass is 9.81. The Kier molecular flexibility index (Phi) is 4.99. The number of aliphatic carboxylic acids is 1. The van der Waals surface area contributed by atoms with Crippen LogP contribution in [0, 0.1) is 0 Å². The molecule has 1 aromatic rings. The summed E-state index contributed by atoms with van der Waals surface area (Å²) >= 11 is 0. The maximum atomic E-state index is 12.2. The molecule has 0 aromatic heterocycles. The number of carbonyl (C=O) groups excluding carboxylic acids is 1. The Bertz CT molecular complexity index is 501. The molecule has 1 amide bonds. The maximum Gasteiger partial charge on any atom is 0.329 e. The third kappa shape index (κ3) is 3.84. The van der Waals surface area contributed by atoms with Gasteiger partial charge in [0, 0.05) is 0 Å². The van der Waals surface area contributed by atoms with Crippen LogP contribution >= 0.6 is 0 Å². The summed E-state index contributed by atoms with van der Waals surface area (Å²) < 4.78 is 0. The van der Waals surface area contributed by atoms with Crippen molar-refractivity contribution in [3.05, 3.63) is 35.4 Å². The van der Waals surface area contributed by atoms with Gasteiger partial charge in [-0.1, -0.05) is 50.5 Å². The molecule has 2 N–H and O–H groups in total. The van der Waals surface area contributed by atoms with Crippen LogP contribution in [0.4, 0.5) is 0 Å². The molecule has 1 aromatic carbocycles. The number of hydrogen-bond acceptors (Lipinski definition) is 2. The van der Waals surface area contributed by atoms with Gasteiger partial charge in [0.1, 0.15) is 5.54 Å². The highest BCUT2D eigenvalue weighted by molar-refractivity contribution is 5.88. The standard InChI is InChI=1S/C17H23NO3/c1-2-13-6-8-14(9-7-13)12-15(19)18-17(16(20)21)10-4-3-5-11-17/h6-9H,2-5,10-12H2,1H3,(H,18,19)(H,20,21). The van der Waals surface area contributed by atoms with Crippen molar-refractivity contribution in [2.45, 2.75) is 57.4 Å². The fourth-order valence-corrected chi connectivity index (χ4v) is 2.94. The summed E-state index contributed by atoms with van der Waals surface area (Å²) in [6, 6.07) is 7.89. The summed E-state index contributed by atoms with van der Waals surface area (Å²) in [5, 5.41) is 12.2. The van der Waals surface area contributed by atoms with E-state index in [-0.39, 0.29) is 12.3 Å². The van der Waals surface area contributed by atoms with Gasteiger partial charge in [0.15, 0.2) is 0 Å². The number of amides is 1. The van der Waals surface area contributed by atoms with Gasteiger partial charge in [0.05, 0.1) is 6.42 Å². The van der Waals surface area contributed by atoms with Crippen molar-refractivity contribution >= 4 is 11.9 Å². The van der Waals surface area contributed by atoms with Crippen molar-refractivity contribution in [2.75, 3.05) is 0 Å². The Morgan fingerprint density at radius 2 is 1.67 bits per heavy atom. The molecule has 1 aliphatic carbocycles. The first-order chi connectivity index (χ1) is 10.1. The van der Waals surface area contributed by atoms with Crippen molar-refractivity contribution in [1.82, 2.24) is 5.32 Å². The predicted octanol–water partition coefficient (Wildman–Crippen LogP) is 2.70. The number of nitrogens with one attached hydrogen (secondary N) is 1. The van der Waals surface area contributed by atoms with Gasteiger partial charge in [-0.2, -0.15) is 0 Å². The zero-order chi connectivity index (χ0) is 15.3. The van der Waals surface area contributed by atoms with Crippen LogP contribution in [-0.2, 0) is 22.4 Å². The monoisotopic (exact) mass is 289 g/mol. The molecular formula is C17H23NO3. The molecule has 0 unspecified atom stereocenters. The Balaban J connectivity index is 2.00. The lowest BCUT2D eigenvalue weighted by Crippen LogP contribution is -2.55. The van der Waals surface area contributed by atoms with Crippen molar-refractivity contribution in [2.24, 2.45) is 0 Å². The highest BCUT2D eigenvalue weighted by Gasteiger charge is 2.40. The highest BCUT2D eigenvalue weighted by atomic mass is 16.4. The number of hydrogen-bond donors (Lipinski definition) is 2. The number of rotatable bonds is 5. The molecule has 0 aliphatic heterocycles. The molecule has 21 heavy (non-hydrogen) atoms. The molecule has 0 bridgehead atoms. The van der Waals surface area contributed by atoms with E-state index in [1.807, 2.05) is 24.3 Å². The normalized spacial score (nSPS) is 17.2. The van der Waals surface area contributed by atoms with Crippen LogP contribution in [0.25, 0.3) is 0 Å². The van der Waals surface area contributed by atoms with E-state index < -0.39 is 11.5 Å². The fraction of sp³-hybridized carbons (Fsp3) is 0.529. The smallest absolute Gasteiger partial charge is 0.329 e. The second-order valence-corrected chi connectivity index (χ2v) is 5.84. The third-order valence-corrected chi connectivity index (χ3v) is 4.29. The maximum absolute atomic E-state index is 12.2. The number of benzene rings is 1. The van der Waals surface area contributed by atoms with E-state index in [2.05, 4.69) is 12.2 Å². The average Bonchev–Trinajstić information content (AvgIpc) is 2.48. The first-order valence-electron chi connectivity index (χ1n) is 7.68. The topological polar surface area (TPSA) is 66.4 Å². The van der Waals surface area contributed by atoms with Gasteiger partial charge in [-0.05, 0) is 30.4 Å². The van der Waals surface area contributed by atoms with E-state index in [9.17, 15) is 14.7 Å². The highest BCUT2D eigenvalue weighted by Crippen LogP contribution is 2.28. The number of aryl methyl sites for hydroxylation is 1. The summed E-state index contributed by atoms with van der Waals surface area (Å²) in [4.78, 5) is 23.7. The van der Waals surface area contributed by atoms with Crippen molar-refractivity contribution in [3.63, 3.8) is 0 Å². The summed E-state index contributed by atoms with van der Waals surface area (Å²) in [6.45, 7) is 2.08. The van der Waals surface area contributed by atoms with Crippen LogP contribution in [-0.4, -0.2) is 22.5 Å². The molecule has 4 nitrogen and oxygen atoms in total. The van der Waals surface area contributed by atoms with E-state index in [1.165, 1.54) is 5.56 Å². The average molecular weight is 289 g/mol. The van der Waals surface area contributed by atoms with Gasteiger partial charge >= 0.3 is 5.97 Å². The summed E-state index contributed by atoms with van der Waals surface area (Å²) in [5.41, 5.74) is 1.09. The molecule has 0 radical (unpaired) electrons. The van der Waals surface area contributed by atoms with Crippen LogP contribution in [0.1, 0.15) is 50.2 Å². The SMILES string of the molecule is CCc1ccc(CC(=O)NC2(C(=O)O)CCCCC2)cc1. The number of carboxylic acids is 1. The van der Waals surface area contributed by atoms with E-state index in [0.29, 0.717) is 12.8 Å². The molecule has 1 fully saturated rings. The quantitative estimate of drug-likeness (QED) is 0.876. The minimum Gasteiger partial charge on any atom is -0.480 e. The lowest BCUT2D eigenvalue weighted by Gasteiger charge is -2.34. The van der Waals surface area contributed by atoms with Crippen molar-refractivity contribution in [1.29, 1.82) is 0 Å². The Morgan fingerprint density at radius 3 is 2.19 bits per heavy atom. The molecule has 0 atom stereocenters. The van der Waals surface area contributed by atoms with Gasteiger partial charge in [0.2, 0.25) is 5.91 Å². The number of carbonyl (C=O) groups is 2. The predicted molar refractivity (Wildman–Crippen MR) is 81.1 cm³/mol. The molecule has 114 valence electrons. The molecule has 4 heteroatoms. The van der Waals surface area contributed by atoms with Gasteiger partial charge in [-0.15, -0.1) is 0 Å². The minimum atomic E-state index is -1.06. The second kappa shape index (κ2) is 6.74. The molecule has 1 saturated carbocycles. The zero-order valence-corrected chi connectivity index (χ0v) is 12.5. The summed E-state index contributed by atoms with van der Waals surface area (Å²) in [5.74, 6) is -1.11. The number of carboxylic acid groups (broad SMARTS) is 1. The summed E-state index contributed by atoms with van der Waals surface area (Å²) in [6.07, 6.45) is 5.03.